The smallest absolute Gasteiger partial charge is 0.320 e. The lowest BCUT2D eigenvalue weighted by Crippen LogP contribution is -2.31. The Hall–Kier alpha value is -0.490. The minimum atomic E-state index is -0.555. The number of rotatable bonds is 6. The van der Waals surface area contributed by atoms with Crippen LogP contribution in [0.1, 0.15) is 47.5 Å². The van der Waals surface area contributed by atoms with Crippen LogP contribution in [0.4, 0.5) is 0 Å². The van der Waals surface area contributed by atoms with Crippen molar-refractivity contribution in [2.24, 2.45) is 0 Å². The van der Waals surface area contributed by atoms with Crippen LogP contribution in [0.2, 0.25) is 0 Å². The summed E-state index contributed by atoms with van der Waals surface area (Å²) < 4.78 is 5.29. The fraction of sp³-hybridized carbons (Fsp3) is 0.769. The Kier molecular flexibility index (Phi) is 8.41. The van der Waals surface area contributed by atoms with Crippen LogP contribution in [0.5, 0.6) is 0 Å². The quantitative estimate of drug-likeness (QED) is 0.555. The van der Waals surface area contributed by atoms with E-state index in [9.17, 15) is 14.4 Å². The normalized spacial score (nSPS) is 12.9. The Balaban J connectivity index is 4.33. The second kappa shape index (κ2) is 8.64. The van der Waals surface area contributed by atoms with Crippen molar-refractivity contribution in [3.8, 4) is 0 Å². The molecule has 0 aliphatic rings. The lowest BCUT2D eigenvalue weighted by atomic mass is 10.2. The van der Waals surface area contributed by atoms with Crippen LogP contribution in [0.25, 0.3) is 0 Å². The van der Waals surface area contributed by atoms with E-state index in [1.807, 2.05) is 0 Å². The molecule has 19 heavy (non-hydrogen) atoms. The van der Waals surface area contributed by atoms with Gasteiger partial charge in [0.1, 0.15) is 10.9 Å². The van der Waals surface area contributed by atoms with E-state index >= 15 is 0 Å². The Bertz CT molecular complexity index is 334. The molecule has 0 saturated heterocycles. The minimum Gasteiger partial charge on any atom is -0.459 e. The molecule has 0 saturated carbocycles. The molecule has 0 bridgehead atoms. The van der Waals surface area contributed by atoms with Crippen LogP contribution in [0, 0.1) is 0 Å². The second-order valence-electron chi connectivity index (χ2n) is 5.11. The first-order valence-corrected chi connectivity index (χ1v) is 8.02. The van der Waals surface area contributed by atoms with Gasteiger partial charge in [0.15, 0.2) is 10.2 Å². The zero-order chi connectivity index (χ0) is 15.1. The number of hydrogen-bond acceptors (Lipinski definition) is 6. The predicted octanol–water partition coefficient (Wildman–Crippen LogP) is 3.04. The topological polar surface area (TPSA) is 60.4 Å². The maximum absolute atomic E-state index is 12.0. The van der Waals surface area contributed by atoms with Gasteiger partial charge in [0.2, 0.25) is 0 Å². The molecule has 0 fully saturated rings. The highest BCUT2D eigenvalue weighted by molar-refractivity contribution is 8.14. The largest absolute Gasteiger partial charge is 0.459 e. The number of carbonyl (C=O) groups excluding carboxylic acids is 3. The SMILES string of the molecule is CC(=O)SCCCC(SC(C)=O)C(=O)OC(C)(C)C. The summed E-state index contributed by atoms with van der Waals surface area (Å²) in [5, 5.41) is -0.521. The van der Waals surface area contributed by atoms with E-state index in [-0.39, 0.29) is 16.2 Å². The summed E-state index contributed by atoms with van der Waals surface area (Å²) >= 11 is 2.23. The molecule has 0 aromatic carbocycles. The van der Waals surface area contributed by atoms with Gasteiger partial charge in [-0.25, -0.2) is 0 Å². The van der Waals surface area contributed by atoms with Crippen molar-refractivity contribution < 1.29 is 19.1 Å². The first kappa shape index (κ1) is 18.5. The van der Waals surface area contributed by atoms with Crippen molar-refractivity contribution in [2.75, 3.05) is 5.75 Å². The lowest BCUT2D eigenvalue weighted by molar-refractivity contribution is -0.154. The molecule has 110 valence electrons. The van der Waals surface area contributed by atoms with Gasteiger partial charge in [0.25, 0.3) is 0 Å². The summed E-state index contributed by atoms with van der Waals surface area (Å²) in [6.07, 6.45) is 1.24. The maximum Gasteiger partial charge on any atom is 0.320 e. The van der Waals surface area contributed by atoms with Crippen molar-refractivity contribution in [3.05, 3.63) is 0 Å². The van der Waals surface area contributed by atoms with Gasteiger partial charge in [-0.05, 0) is 33.6 Å². The first-order chi connectivity index (χ1) is 8.61. The fourth-order valence-electron chi connectivity index (χ4n) is 1.28. The van der Waals surface area contributed by atoms with E-state index in [4.69, 9.17) is 4.74 Å². The molecular weight excluding hydrogens is 284 g/mol. The third-order valence-corrected chi connectivity index (χ3v) is 3.84. The Morgan fingerprint density at radius 1 is 1.11 bits per heavy atom. The third kappa shape index (κ3) is 11.1. The van der Waals surface area contributed by atoms with Crippen LogP contribution in [-0.4, -0.2) is 32.8 Å². The van der Waals surface area contributed by atoms with Crippen molar-refractivity contribution in [2.45, 2.75) is 58.3 Å². The highest BCUT2D eigenvalue weighted by Crippen LogP contribution is 2.22. The highest BCUT2D eigenvalue weighted by Gasteiger charge is 2.26. The van der Waals surface area contributed by atoms with Crippen molar-refractivity contribution in [1.29, 1.82) is 0 Å². The molecule has 0 spiro atoms. The van der Waals surface area contributed by atoms with Crippen LogP contribution in [-0.2, 0) is 19.1 Å². The molecule has 0 aliphatic carbocycles. The zero-order valence-corrected chi connectivity index (χ0v) is 13.8. The summed E-state index contributed by atoms with van der Waals surface area (Å²) in [6.45, 7) is 8.34. The highest BCUT2D eigenvalue weighted by atomic mass is 32.2. The van der Waals surface area contributed by atoms with E-state index < -0.39 is 10.9 Å². The molecule has 0 aromatic rings. The predicted molar refractivity (Wildman–Crippen MR) is 80.3 cm³/mol. The van der Waals surface area contributed by atoms with Gasteiger partial charge >= 0.3 is 5.97 Å². The molecule has 1 unspecified atom stereocenters. The van der Waals surface area contributed by atoms with Gasteiger partial charge in [-0.3, -0.25) is 14.4 Å². The van der Waals surface area contributed by atoms with Gasteiger partial charge in [-0.1, -0.05) is 23.5 Å². The Labute approximate surface area is 123 Å². The Morgan fingerprint density at radius 3 is 2.11 bits per heavy atom. The third-order valence-electron chi connectivity index (χ3n) is 1.89. The number of ether oxygens (including phenoxy) is 1. The van der Waals surface area contributed by atoms with Crippen LogP contribution in [0.3, 0.4) is 0 Å². The van der Waals surface area contributed by atoms with Gasteiger partial charge in [0.05, 0.1) is 0 Å². The lowest BCUT2D eigenvalue weighted by Gasteiger charge is -2.23. The van der Waals surface area contributed by atoms with Crippen molar-refractivity contribution >= 4 is 39.7 Å². The average Bonchev–Trinajstić information content (AvgIpc) is 2.19. The molecule has 6 heteroatoms. The standard InChI is InChI=1S/C13H22O4S2/c1-9(14)18-8-6-7-11(19-10(2)15)12(16)17-13(3,4)5/h11H,6-8H2,1-5H3. The monoisotopic (exact) mass is 306 g/mol. The van der Waals surface area contributed by atoms with E-state index in [1.165, 1.54) is 25.6 Å². The van der Waals surface area contributed by atoms with Gasteiger partial charge < -0.3 is 4.74 Å². The summed E-state index contributed by atoms with van der Waals surface area (Å²) in [7, 11) is 0. The van der Waals surface area contributed by atoms with E-state index in [0.717, 1.165) is 11.8 Å². The molecule has 0 aromatic heterocycles. The van der Waals surface area contributed by atoms with E-state index in [0.29, 0.717) is 18.6 Å². The number of hydrogen-bond donors (Lipinski definition) is 0. The van der Waals surface area contributed by atoms with Gasteiger partial charge in [-0.15, -0.1) is 0 Å². The van der Waals surface area contributed by atoms with Crippen LogP contribution in [0.15, 0.2) is 0 Å². The fourth-order valence-corrected chi connectivity index (χ4v) is 2.71. The van der Waals surface area contributed by atoms with Crippen molar-refractivity contribution in [3.63, 3.8) is 0 Å². The first-order valence-electron chi connectivity index (χ1n) is 6.15. The van der Waals surface area contributed by atoms with Crippen LogP contribution >= 0.6 is 23.5 Å². The van der Waals surface area contributed by atoms with Crippen LogP contribution < -0.4 is 0 Å². The Morgan fingerprint density at radius 2 is 1.68 bits per heavy atom. The molecule has 0 amide bonds. The summed E-state index contributed by atoms with van der Waals surface area (Å²) in [5.74, 6) is 0.299. The molecule has 0 rings (SSSR count). The summed E-state index contributed by atoms with van der Waals surface area (Å²) in [5.41, 5.74) is -0.555. The van der Waals surface area contributed by atoms with Crippen molar-refractivity contribution in [1.82, 2.24) is 0 Å². The van der Waals surface area contributed by atoms with Gasteiger partial charge in [0, 0.05) is 19.6 Å². The second-order valence-corrected chi connectivity index (χ2v) is 7.77. The van der Waals surface area contributed by atoms with E-state index in [1.54, 1.807) is 20.8 Å². The molecule has 1 atom stereocenters. The number of thioether (sulfide) groups is 2. The minimum absolute atomic E-state index is 0.0630. The molecule has 0 heterocycles. The zero-order valence-electron chi connectivity index (χ0n) is 12.1. The molecule has 4 nitrogen and oxygen atoms in total. The van der Waals surface area contributed by atoms with Gasteiger partial charge in [-0.2, -0.15) is 0 Å². The molecular formula is C13H22O4S2. The number of carbonyl (C=O) groups is 3. The molecule has 0 radical (unpaired) electrons. The maximum atomic E-state index is 12.0. The summed E-state index contributed by atoms with van der Waals surface area (Å²) in [4.78, 5) is 33.9. The molecule has 0 aliphatic heterocycles. The molecule has 0 N–H and O–H groups in total. The number of esters is 1. The average molecular weight is 306 g/mol. The van der Waals surface area contributed by atoms with E-state index in [2.05, 4.69) is 0 Å². The summed E-state index contributed by atoms with van der Waals surface area (Å²) in [6, 6.07) is 0.